The van der Waals surface area contributed by atoms with Crippen LogP contribution in [0.1, 0.15) is 37.0 Å². The monoisotopic (exact) mass is 289 g/mol. The minimum atomic E-state index is -4.06. The minimum absolute atomic E-state index is 0.272. The maximum atomic E-state index is 13.6. The summed E-state index contributed by atoms with van der Waals surface area (Å²) in [6, 6.07) is 2.37. The second-order valence-electron chi connectivity index (χ2n) is 4.09. The highest BCUT2D eigenvalue weighted by molar-refractivity contribution is 7.89. The Hall–Kier alpha value is -1.47. The van der Waals surface area contributed by atoms with Crippen molar-refractivity contribution in [3.05, 3.63) is 29.6 Å². The molecule has 1 aromatic rings. The van der Waals surface area contributed by atoms with Gasteiger partial charge in [0.25, 0.3) is 0 Å². The van der Waals surface area contributed by atoms with Gasteiger partial charge in [-0.3, -0.25) is 0 Å². The van der Waals surface area contributed by atoms with Crippen LogP contribution in [-0.4, -0.2) is 25.5 Å². The molecular weight excluding hydrogens is 273 g/mol. The zero-order valence-corrected chi connectivity index (χ0v) is 11.5. The molecule has 106 valence electrons. The van der Waals surface area contributed by atoms with Crippen LogP contribution in [0.4, 0.5) is 4.39 Å². The number of carboxylic acid groups (broad SMARTS) is 1. The molecule has 0 saturated heterocycles. The second kappa shape index (κ2) is 6.12. The Morgan fingerprint density at radius 2 is 1.95 bits per heavy atom. The third-order valence-electron chi connectivity index (χ3n) is 2.78. The summed E-state index contributed by atoms with van der Waals surface area (Å²) in [6.07, 6.45) is 1.13. The maximum Gasteiger partial charge on any atom is 0.335 e. The number of hydrogen-bond donors (Lipinski definition) is 2. The third-order valence-corrected chi connectivity index (χ3v) is 4.31. The van der Waals surface area contributed by atoms with Gasteiger partial charge in [0.05, 0.1) is 5.56 Å². The molecule has 0 amide bonds. The summed E-state index contributed by atoms with van der Waals surface area (Å²) in [5, 5.41) is 8.80. The predicted molar refractivity (Wildman–Crippen MR) is 68.1 cm³/mol. The molecule has 0 heterocycles. The van der Waals surface area contributed by atoms with Crippen LogP contribution in [0.25, 0.3) is 0 Å². The zero-order chi connectivity index (χ0) is 14.6. The quantitative estimate of drug-likeness (QED) is 0.839. The fraction of sp³-hybridized carbons (Fsp3) is 0.417. The standard InChI is InChI=1S/C12H16FNO4S/c1-3-9(4-2)14-19(17,18)11-7-8(12(15)16)5-6-10(11)13/h5-7,9,14H,3-4H2,1-2H3,(H,15,16). The molecule has 0 atom stereocenters. The molecule has 0 aliphatic rings. The number of aromatic carboxylic acids is 1. The van der Waals surface area contributed by atoms with Crippen molar-refractivity contribution in [3.8, 4) is 0 Å². The van der Waals surface area contributed by atoms with Gasteiger partial charge in [0.2, 0.25) is 10.0 Å². The number of sulfonamides is 1. The molecule has 0 aromatic heterocycles. The summed E-state index contributed by atoms with van der Waals surface area (Å²) < 4.78 is 40.0. The Kier molecular flexibility index (Phi) is 5.02. The number of nitrogens with one attached hydrogen (secondary N) is 1. The van der Waals surface area contributed by atoms with Gasteiger partial charge in [-0.15, -0.1) is 0 Å². The fourth-order valence-corrected chi connectivity index (χ4v) is 3.09. The Morgan fingerprint density at radius 3 is 2.42 bits per heavy atom. The van der Waals surface area contributed by atoms with Crippen LogP contribution < -0.4 is 4.72 Å². The average molecular weight is 289 g/mol. The lowest BCUT2D eigenvalue weighted by Crippen LogP contribution is -2.34. The van der Waals surface area contributed by atoms with E-state index in [1.165, 1.54) is 0 Å². The number of benzene rings is 1. The summed E-state index contributed by atoms with van der Waals surface area (Å²) in [6.45, 7) is 3.61. The van der Waals surface area contributed by atoms with Crippen molar-refractivity contribution in [3.63, 3.8) is 0 Å². The van der Waals surface area contributed by atoms with Crippen LogP contribution >= 0.6 is 0 Å². The van der Waals surface area contributed by atoms with Gasteiger partial charge in [-0.25, -0.2) is 22.3 Å². The molecule has 0 fully saturated rings. The Balaban J connectivity index is 3.20. The van der Waals surface area contributed by atoms with E-state index >= 15 is 0 Å². The van der Waals surface area contributed by atoms with Crippen LogP contribution in [0.3, 0.4) is 0 Å². The van der Waals surface area contributed by atoms with E-state index in [1.54, 1.807) is 13.8 Å². The summed E-state index contributed by atoms with van der Waals surface area (Å²) in [5.74, 6) is -2.28. The summed E-state index contributed by atoms with van der Waals surface area (Å²) >= 11 is 0. The smallest absolute Gasteiger partial charge is 0.335 e. The molecule has 1 aromatic carbocycles. The maximum absolute atomic E-state index is 13.6. The Labute approximate surface area is 111 Å². The van der Waals surface area contributed by atoms with Gasteiger partial charge in [-0.05, 0) is 31.0 Å². The summed E-state index contributed by atoms with van der Waals surface area (Å²) in [5.41, 5.74) is -0.272. The van der Waals surface area contributed by atoms with Crippen LogP contribution in [0, 0.1) is 5.82 Å². The molecule has 0 unspecified atom stereocenters. The molecular formula is C12H16FNO4S. The SMILES string of the molecule is CCC(CC)NS(=O)(=O)c1cc(C(=O)O)ccc1F. The largest absolute Gasteiger partial charge is 0.478 e. The Bertz CT molecular complexity index is 567. The molecule has 5 nitrogen and oxygen atoms in total. The topological polar surface area (TPSA) is 83.5 Å². The molecule has 0 aliphatic carbocycles. The van der Waals surface area contributed by atoms with Crippen molar-refractivity contribution >= 4 is 16.0 Å². The first-order chi connectivity index (χ1) is 8.81. The summed E-state index contributed by atoms with van der Waals surface area (Å²) in [7, 11) is -4.06. The number of halogens is 1. The highest BCUT2D eigenvalue weighted by Gasteiger charge is 2.23. The first-order valence-corrected chi connectivity index (χ1v) is 7.35. The van der Waals surface area contributed by atoms with E-state index in [0.717, 1.165) is 18.2 Å². The van der Waals surface area contributed by atoms with E-state index in [1.807, 2.05) is 0 Å². The van der Waals surface area contributed by atoms with Crippen molar-refractivity contribution < 1.29 is 22.7 Å². The van der Waals surface area contributed by atoms with Gasteiger partial charge >= 0.3 is 5.97 Å². The lowest BCUT2D eigenvalue weighted by atomic mass is 10.2. The Morgan fingerprint density at radius 1 is 1.37 bits per heavy atom. The molecule has 0 aliphatic heterocycles. The first kappa shape index (κ1) is 15.6. The lowest BCUT2D eigenvalue weighted by molar-refractivity contribution is 0.0696. The van der Waals surface area contributed by atoms with Crippen molar-refractivity contribution in [1.82, 2.24) is 4.72 Å². The van der Waals surface area contributed by atoms with E-state index in [-0.39, 0.29) is 11.6 Å². The second-order valence-corrected chi connectivity index (χ2v) is 5.77. The molecule has 7 heteroatoms. The summed E-state index contributed by atoms with van der Waals surface area (Å²) in [4.78, 5) is 10.1. The van der Waals surface area contributed by atoms with Crippen LogP contribution in [-0.2, 0) is 10.0 Å². The molecule has 0 radical (unpaired) electrons. The highest BCUT2D eigenvalue weighted by Crippen LogP contribution is 2.17. The minimum Gasteiger partial charge on any atom is -0.478 e. The predicted octanol–water partition coefficient (Wildman–Crippen LogP) is 1.99. The van der Waals surface area contributed by atoms with Crippen LogP contribution in [0.15, 0.2) is 23.1 Å². The molecule has 0 spiro atoms. The number of carboxylic acids is 1. The highest BCUT2D eigenvalue weighted by atomic mass is 32.2. The van der Waals surface area contributed by atoms with Gasteiger partial charge in [0.1, 0.15) is 10.7 Å². The number of rotatable bonds is 6. The van der Waals surface area contributed by atoms with Crippen molar-refractivity contribution in [1.29, 1.82) is 0 Å². The van der Waals surface area contributed by atoms with E-state index in [2.05, 4.69) is 4.72 Å². The normalized spacial score (nSPS) is 11.8. The van der Waals surface area contributed by atoms with E-state index in [0.29, 0.717) is 12.8 Å². The van der Waals surface area contributed by atoms with E-state index in [9.17, 15) is 17.6 Å². The van der Waals surface area contributed by atoms with Gasteiger partial charge < -0.3 is 5.11 Å². The molecule has 0 bridgehead atoms. The van der Waals surface area contributed by atoms with Gasteiger partial charge in [0, 0.05) is 6.04 Å². The number of carbonyl (C=O) groups is 1. The third kappa shape index (κ3) is 3.74. The van der Waals surface area contributed by atoms with E-state index in [4.69, 9.17) is 5.11 Å². The average Bonchev–Trinajstić information content (AvgIpc) is 2.35. The van der Waals surface area contributed by atoms with E-state index < -0.39 is 26.7 Å². The molecule has 19 heavy (non-hydrogen) atoms. The lowest BCUT2D eigenvalue weighted by Gasteiger charge is -2.15. The molecule has 0 saturated carbocycles. The molecule has 2 N–H and O–H groups in total. The van der Waals surface area contributed by atoms with Crippen molar-refractivity contribution in [2.45, 2.75) is 37.6 Å². The van der Waals surface area contributed by atoms with Crippen LogP contribution in [0.5, 0.6) is 0 Å². The van der Waals surface area contributed by atoms with Gasteiger partial charge in [0.15, 0.2) is 0 Å². The fourth-order valence-electron chi connectivity index (χ4n) is 1.58. The van der Waals surface area contributed by atoms with Crippen molar-refractivity contribution in [2.75, 3.05) is 0 Å². The molecule has 1 rings (SSSR count). The van der Waals surface area contributed by atoms with Gasteiger partial charge in [-0.1, -0.05) is 13.8 Å². The first-order valence-electron chi connectivity index (χ1n) is 5.87. The van der Waals surface area contributed by atoms with Crippen LogP contribution in [0.2, 0.25) is 0 Å². The zero-order valence-electron chi connectivity index (χ0n) is 10.7. The van der Waals surface area contributed by atoms with Gasteiger partial charge in [-0.2, -0.15) is 0 Å². The number of hydrogen-bond acceptors (Lipinski definition) is 3. The van der Waals surface area contributed by atoms with Crippen molar-refractivity contribution in [2.24, 2.45) is 0 Å².